The van der Waals surface area contributed by atoms with Crippen LogP contribution in [0, 0.1) is 11.3 Å². The van der Waals surface area contributed by atoms with Gasteiger partial charge >= 0.3 is 6.03 Å². The monoisotopic (exact) mass is 331 g/mol. The van der Waals surface area contributed by atoms with E-state index in [2.05, 4.69) is 10.2 Å². The number of nitrogens with one attached hydrogen (secondary N) is 1. The maximum absolute atomic E-state index is 13.0. The Hall–Kier alpha value is -1.98. The number of hydrogen-bond acceptors (Lipinski definition) is 3. The predicted octanol–water partition coefficient (Wildman–Crippen LogP) is 2.21. The van der Waals surface area contributed by atoms with E-state index in [0.29, 0.717) is 19.6 Å². The van der Waals surface area contributed by atoms with E-state index in [-0.39, 0.29) is 17.4 Å². The fourth-order valence-corrected chi connectivity index (χ4v) is 4.05. The topological polar surface area (TPSA) is 65.8 Å². The molecule has 2 saturated heterocycles. The van der Waals surface area contributed by atoms with Gasteiger partial charge in [0.1, 0.15) is 5.76 Å². The molecule has 0 bridgehead atoms. The van der Waals surface area contributed by atoms with Gasteiger partial charge in [0.05, 0.1) is 18.2 Å². The second-order valence-electron chi connectivity index (χ2n) is 7.49. The van der Waals surface area contributed by atoms with Crippen LogP contribution < -0.4 is 5.32 Å². The first-order valence-corrected chi connectivity index (χ1v) is 9.01. The lowest BCUT2D eigenvalue weighted by atomic mass is 9.78. The van der Waals surface area contributed by atoms with E-state index in [1.54, 1.807) is 11.2 Å². The van der Waals surface area contributed by atoms with Crippen molar-refractivity contribution in [2.45, 2.75) is 38.6 Å². The first kappa shape index (κ1) is 15.5. The van der Waals surface area contributed by atoms with Gasteiger partial charge in [-0.2, -0.15) is 0 Å². The molecule has 3 fully saturated rings. The zero-order chi connectivity index (χ0) is 16.6. The van der Waals surface area contributed by atoms with Crippen LogP contribution in [0.3, 0.4) is 0 Å². The fraction of sp³-hybridized carbons (Fsp3) is 0.667. The average Bonchev–Trinajstić information content (AvgIpc) is 3.09. The molecule has 1 spiro atoms. The zero-order valence-electron chi connectivity index (χ0n) is 14.0. The number of amides is 3. The van der Waals surface area contributed by atoms with E-state index in [0.717, 1.165) is 44.0 Å². The highest BCUT2D eigenvalue weighted by Gasteiger charge is 2.49. The second-order valence-corrected chi connectivity index (χ2v) is 7.49. The van der Waals surface area contributed by atoms with Crippen LogP contribution in [-0.2, 0) is 11.3 Å². The highest BCUT2D eigenvalue weighted by molar-refractivity contribution is 5.85. The van der Waals surface area contributed by atoms with Gasteiger partial charge in [-0.15, -0.1) is 0 Å². The van der Waals surface area contributed by atoms with Crippen molar-refractivity contribution in [2.24, 2.45) is 11.3 Å². The zero-order valence-corrected chi connectivity index (χ0v) is 14.0. The van der Waals surface area contributed by atoms with Crippen molar-refractivity contribution in [1.82, 2.24) is 15.1 Å². The maximum atomic E-state index is 13.0. The van der Waals surface area contributed by atoms with Crippen molar-refractivity contribution >= 4 is 11.9 Å². The molecule has 1 atom stereocenters. The minimum atomic E-state index is -0.338. The summed E-state index contributed by atoms with van der Waals surface area (Å²) in [5, 5.41) is 2.89. The molecule has 3 heterocycles. The van der Waals surface area contributed by atoms with E-state index in [4.69, 9.17) is 4.42 Å². The summed E-state index contributed by atoms with van der Waals surface area (Å²) in [5.41, 5.74) is -0.338. The van der Waals surface area contributed by atoms with Crippen LogP contribution in [0.25, 0.3) is 0 Å². The van der Waals surface area contributed by atoms with Gasteiger partial charge in [0.25, 0.3) is 0 Å². The van der Waals surface area contributed by atoms with Crippen molar-refractivity contribution in [2.75, 3.05) is 26.2 Å². The maximum Gasteiger partial charge on any atom is 0.317 e. The Kier molecular flexibility index (Phi) is 3.98. The second kappa shape index (κ2) is 6.15. The third-order valence-electron chi connectivity index (χ3n) is 5.63. The molecule has 2 aliphatic heterocycles. The van der Waals surface area contributed by atoms with E-state index >= 15 is 0 Å². The molecule has 0 aromatic carbocycles. The molecule has 1 saturated carbocycles. The van der Waals surface area contributed by atoms with Crippen LogP contribution in [-0.4, -0.2) is 47.9 Å². The van der Waals surface area contributed by atoms with Crippen molar-refractivity contribution in [3.05, 3.63) is 24.2 Å². The molecule has 1 N–H and O–H groups in total. The van der Waals surface area contributed by atoms with Gasteiger partial charge in [0.2, 0.25) is 5.91 Å². The van der Waals surface area contributed by atoms with E-state index in [1.807, 2.05) is 12.1 Å². The Labute approximate surface area is 142 Å². The smallest absolute Gasteiger partial charge is 0.317 e. The number of furan rings is 1. The lowest BCUT2D eigenvalue weighted by Gasteiger charge is -2.39. The standard InChI is InChI=1S/C18H25N3O3/c22-16-18(6-2-8-20(16)12-14-4-5-14)7-9-21(13-18)17(23)19-11-15-3-1-10-24-15/h1,3,10,14H,2,4-9,11-13H2,(H,19,23). The number of hydrogen-bond donors (Lipinski definition) is 1. The quantitative estimate of drug-likeness (QED) is 0.920. The van der Waals surface area contributed by atoms with Crippen molar-refractivity contribution in [3.63, 3.8) is 0 Å². The summed E-state index contributed by atoms with van der Waals surface area (Å²) in [6.45, 7) is 3.41. The highest BCUT2D eigenvalue weighted by Crippen LogP contribution is 2.41. The van der Waals surface area contributed by atoms with Crippen LogP contribution in [0.4, 0.5) is 4.79 Å². The van der Waals surface area contributed by atoms with E-state index in [1.165, 1.54) is 12.8 Å². The number of carbonyl (C=O) groups is 2. The molecular formula is C18H25N3O3. The lowest BCUT2D eigenvalue weighted by Crippen LogP contribution is -2.51. The summed E-state index contributed by atoms with van der Waals surface area (Å²) < 4.78 is 5.24. The predicted molar refractivity (Wildman–Crippen MR) is 88.1 cm³/mol. The Morgan fingerprint density at radius 2 is 2.21 bits per heavy atom. The van der Waals surface area contributed by atoms with Gasteiger partial charge in [0.15, 0.2) is 0 Å². The molecule has 6 nitrogen and oxygen atoms in total. The normalized spacial score (nSPS) is 27.1. The molecule has 1 aromatic heterocycles. The van der Waals surface area contributed by atoms with Crippen LogP contribution in [0.5, 0.6) is 0 Å². The molecule has 1 aliphatic carbocycles. The van der Waals surface area contributed by atoms with Crippen molar-refractivity contribution in [3.8, 4) is 0 Å². The van der Waals surface area contributed by atoms with Crippen LogP contribution in [0.2, 0.25) is 0 Å². The highest BCUT2D eigenvalue weighted by atomic mass is 16.3. The molecule has 1 unspecified atom stereocenters. The number of urea groups is 1. The van der Waals surface area contributed by atoms with Gasteiger partial charge in [-0.3, -0.25) is 4.79 Å². The lowest BCUT2D eigenvalue weighted by molar-refractivity contribution is -0.145. The number of likely N-dealkylation sites (tertiary alicyclic amines) is 2. The first-order valence-electron chi connectivity index (χ1n) is 9.01. The van der Waals surface area contributed by atoms with Gasteiger partial charge in [0, 0.05) is 26.2 Å². The first-order chi connectivity index (χ1) is 11.7. The summed E-state index contributed by atoms with van der Waals surface area (Å²) in [6, 6.07) is 3.54. The summed E-state index contributed by atoms with van der Waals surface area (Å²) in [4.78, 5) is 29.2. The number of nitrogens with zero attached hydrogens (tertiary/aromatic N) is 2. The molecule has 6 heteroatoms. The van der Waals surface area contributed by atoms with Crippen LogP contribution in [0.15, 0.2) is 22.8 Å². The SMILES string of the molecule is O=C(NCc1ccco1)N1CCC2(CCCN(CC3CC3)C2=O)C1. The Balaban J connectivity index is 1.35. The minimum absolute atomic E-state index is 0.101. The Morgan fingerprint density at radius 1 is 1.33 bits per heavy atom. The third kappa shape index (κ3) is 3.01. The summed E-state index contributed by atoms with van der Waals surface area (Å²) in [6.07, 6.45) is 6.88. The summed E-state index contributed by atoms with van der Waals surface area (Å²) in [5.74, 6) is 1.74. The van der Waals surface area contributed by atoms with Gasteiger partial charge in [-0.25, -0.2) is 4.79 Å². The largest absolute Gasteiger partial charge is 0.467 e. The minimum Gasteiger partial charge on any atom is -0.467 e. The van der Waals surface area contributed by atoms with E-state index < -0.39 is 0 Å². The van der Waals surface area contributed by atoms with Crippen LogP contribution in [0.1, 0.15) is 37.9 Å². The molecule has 3 amide bonds. The molecule has 1 aromatic rings. The molecule has 0 radical (unpaired) electrons. The molecule has 24 heavy (non-hydrogen) atoms. The summed E-state index contributed by atoms with van der Waals surface area (Å²) >= 11 is 0. The molecule has 4 rings (SSSR count). The Bertz CT molecular complexity index is 611. The molecule has 130 valence electrons. The van der Waals surface area contributed by atoms with Gasteiger partial charge < -0.3 is 19.5 Å². The fourth-order valence-electron chi connectivity index (χ4n) is 4.05. The molecule has 3 aliphatic rings. The number of piperidine rings is 1. The van der Waals surface area contributed by atoms with Crippen molar-refractivity contribution in [1.29, 1.82) is 0 Å². The third-order valence-corrected chi connectivity index (χ3v) is 5.63. The van der Waals surface area contributed by atoms with Crippen molar-refractivity contribution < 1.29 is 14.0 Å². The average molecular weight is 331 g/mol. The van der Waals surface area contributed by atoms with E-state index in [9.17, 15) is 9.59 Å². The van der Waals surface area contributed by atoms with Gasteiger partial charge in [-0.05, 0) is 50.2 Å². The Morgan fingerprint density at radius 3 is 2.96 bits per heavy atom. The van der Waals surface area contributed by atoms with Crippen LogP contribution >= 0.6 is 0 Å². The summed E-state index contributed by atoms with van der Waals surface area (Å²) in [7, 11) is 0. The molecular weight excluding hydrogens is 306 g/mol. The van der Waals surface area contributed by atoms with Gasteiger partial charge in [-0.1, -0.05) is 0 Å². The number of rotatable bonds is 4. The number of carbonyl (C=O) groups excluding carboxylic acids is 2.